The third-order valence-electron chi connectivity index (χ3n) is 4.51. The Kier molecular flexibility index (Phi) is 4.31. The number of fused-ring (bicyclic) bond motifs is 1. The first-order valence-electron chi connectivity index (χ1n) is 8.47. The monoisotopic (exact) mass is 324 g/mol. The molecular weight excluding hydrogens is 300 g/mol. The first-order valence-corrected chi connectivity index (χ1v) is 8.47. The number of rotatable bonds is 2. The van der Waals surface area contributed by atoms with Crippen LogP contribution in [-0.4, -0.2) is 29.3 Å². The van der Waals surface area contributed by atoms with Crippen LogP contribution in [0.1, 0.15) is 33.6 Å². The lowest BCUT2D eigenvalue weighted by Crippen LogP contribution is -2.47. The fraction of sp³-hybridized carbons (Fsp3) is 0.400. The van der Waals surface area contributed by atoms with Gasteiger partial charge in [0.1, 0.15) is 6.04 Å². The summed E-state index contributed by atoms with van der Waals surface area (Å²) in [5, 5.41) is 5.13. The number of anilines is 1. The van der Waals surface area contributed by atoms with E-state index in [0.717, 1.165) is 29.3 Å². The van der Waals surface area contributed by atoms with Crippen molar-refractivity contribution in [1.29, 1.82) is 0 Å². The Balaban J connectivity index is 1.82. The van der Waals surface area contributed by atoms with Crippen molar-refractivity contribution in [3.8, 4) is 0 Å². The second-order valence-corrected chi connectivity index (χ2v) is 7.42. The number of hydrogen-bond acceptors (Lipinski definition) is 2. The minimum absolute atomic E-state index is 0.0399. The summed E-state index contributed by atoms with van der Waals surface area (Å²) < 4.78 is 0. The van der Waals surface area contributed by atoms with Crippen LogP contribution >= 0.6 is 0 Å². The molecule has 0 bridgehead atoms. The van der Waals surface area contributed by atoms with Crippen LogP contribution in [0.4, 0.5) is 5.69 Å². The standard InChI is InChI=1S/C20H24N2O2/c1-20(2,3)19(24)22-13-7-12-17(22)18(23)21-16-11-6-9-14-8-4-5-10-15(14)16/h4-6,8-11,17H,7,12-13H2,1-3H3,(H,21,23). The zero-order valence-electron chi connectivity index (χ0n) is 14.5. The zero-order chi connectivity index (χ0) is 17.3. The lowest BCUT2D eigenvalue weighted by atomic mass is 9.94. The summed E-state index contributed by atoms with van der Waals surface area (Å²) in [5.41, 5.74) is 0.329. The van der Waals surface area contributed by atoms with Crippen LogP contribution in [0.2, 0.25) is 0 Å². The number of carbonyl (C=O) groups is 2. The molecule has 1 atom stereocenters. The molecular formula is C20H24N2O2. The third kappa shape index (κ3) is 3.14. The number of benzene rings is 2. The summed E-state index contributed by atoms with van der Waals surface area (Å²) in [6.07, 6.45) is 1.59. The van der Waals surface area contributed by atoms with E-state index in [9.17, 15) is 9.59 Å². The van der Waals surface area contributed by atoms with Gasteiger partial charge < -0.3 is 10.2 Å². The first kappa shape index (κ1) is 16.5. The SMILES string of the molecule is CC(C)(C)C(=O)N1CCCC1C(=O)Nc1cccc2ccccc12. The van der Waals surface area contributed by atoms with Crippen molar-refractivity contribution < 1.29 is 9.59 Å². The quantitative estimate of drug-likeness (QED) is 0.913. The number of carbonyl (C=O) groups excluding carboxylic acids is 2. The number of hydrogen-bond donors (Lipinski definition) is 1. The van der Waals surface area contributed by atoms with Gasteiger partial charge in [-0.15, -0.1) is 0 Å². The predicted octanol–water partition coefficient (Wildman–Crippen LogP) is 3.82. The molecule has 4 nitrogen and oxygen atoms in total. The molecule has 1 heterocycles. The van der Waals surface area contributed by atoms with Gasteiger partial charge >= 0.3 is 0 Å². The summed E-state index contributed by atoms with van der Waals surface area (Å²) in [5.74, 6) is -0.0560. The Morgan fingerprint density at radius 2 is 1.79 bits per heavy atom. The van der Waals surface area contributed by atoms with E-state index in [1.165, 1.54) is 0 Å². The lowest BCUT2D eigenvalue weighted by molar-refractivity contribution is -0.143. The van der Waals surface area contributed by atoms with Crippen molar-refractivity contribution in [2.75, 3.05) is 11.9 Å². The van der Waals surface area contributed by atoms with E-state index < -0.39 is 5.41 Å². The lowest BCUT2D eigenvalue weighted by Gasteiger charge is -2.30. The molecule has 0 aliphatic carbocycles. The van der Waals surface area contributed by atoms with Gasteiger partial charge in [0.2, 0.25) is 11.8 Å². The fourth-order valence-electron chi connectivity index (χ4n) is 3.26. The molecule has 0 radical (unpaired) electrons. The largest absolute Gasteiger partial charge is 0.330 e. The van der Waals surface area contributed by atoms with Crippen molar-refractivity contribution in [1.82, 2.24) is 4.90 Å². The van der Waals surface area contributed by atoms with E-state index in [0.29, 0.717) is 6.54 Å². The summed E-state index contributed by atoms with van der Waals surface area (Å²) in [7, 11) is 0. The highest BCUT2D eigenvalue weighted by Crippen LogP contribution is 2.28. The predicted molar refractivity (Wildman–Crippen MR) is 96.8 cm³/mol. The van der Waals surface area contributed by atoms with Gasteiger partial charge in [-0.3, -0.25) is 9.59 Å². The molecule has 2 aromatic rings. The van der Waals surface area contributed by atoms with Gasteiger partial charge in [0.15, 0.2) is 0 Å². The van der Waals surface area contributed by atoms with Gasteiger partial charge in [0.05, 0.1) is 0 Å². The summed E-state index contributed by atoms with van der Waals surface area (Å²) >= 11 is 0. The average Bonchev–Trinajstić information content (AvgIpc) is 3.03. The molecule has 1 aliphatic heterocycles. The molecule has 2 amide bonds. The summed E-state index contributed by atoms with van der Waals surface area (Å²) in [4.78, 5) is 27.1. The van der Waals surface area contributed by atoms with Gasteiger partial charge in [-0.25, -0.2) is 0 Å². The van der Waals surface area contributed by atoms with Gasteiger partial charge in [0, 0.05) is 23.0 Å². The molecule has 0 aromatic heterocycles. The van der Waals surface area contributed by atoms with Gasteiger partial charge in [-0.2, -0.15) is 0 Å². The number of amides is 2. The van der Waals surface area contributed by atoms with E-state index in [2.05, 4.69) is 5.32 Å². The molecule has 0 saturated carbocycles. The topological polar surface area (TPSA) is 49.4 Å². The molecule has 24 heavy (non-hydrogen) atoms. The molecule has 2 aromatic carbocycles. The summed E-state index contributed by atoms with van der Waals surface area (Å²) in [6.45, 7) is 6.34. The van der Waals surface area contributed by atoms with Gasteiger partial charge in [-0.1, -0.05) is 57.2 Å². The molecule has 4 heteroatoms. The fourth-order valence-corrected chi connectivity index (χ4v) is 3.26. The Morgan fingerprint density at radius 1 is 1.08 bits per heavy atom. The average molecular weight is 324 g/mol. The highest BCUT2D eigenvalue weighted by molar-refractivity contribution is 6.05. The van der Waals surface area contributed by atoms with Gasteiger partial charge in [0.25, 0.3) is 0 Å². The van der Waals surface area contributed by atoms with Crippen molar-refractivity contribution in [2.24, 2.45) is 5.41 Å². The Labute approximate surface area is 142 Å². The highest BCUT2D eigenvalue weighted by atomic mass is 16.2. The molecule has 1 unspecified atom stereocenters. The Morgan fingerprint density at radius 3 is 2.54 bits per heavy atom. The zero-order valence-corrected chi connectivity index (χ0v) is 14.5. The number of likely N-dealkylation sites (tertiary alicyclic amines) is 1. The molecule has 0 spiro atoms. The van der Waals surface area contributed by atoms with Crippen LogP contribution in [-0.2, 0) is 9.59 Å². The molecule has 1 saturated heterocycles. The third-order valence-corrected chi connectivity index (χ3v) is 4.51. The highest BCUT2D eigenvalue weighted by Gasteiger charge is 2.38. The molecule has 3 rings (SSSR count). The van der Waals surface area contributed by atoms with Crippen LogP contribution in [0.5, 0.6) is 0 Å². The molecule has 1 aliphatic rings. The normalized spacial score (nSPS) is 18.0. The van der Waals surface area contributed by atoms with Crippen molar-refractivity contribution in [3.05, 3.63) is 42.5 Å². The van der Waals surface area contributed by atoms with Crippen LogP contribution in [0.25, 0.3) is 10.8 Å². The maximum Gasteiger partial charge on any atom is 0.247 e. The van der Waals surface area contributed by atoms with Gasteiger partial charge in [-0.05, 0) is 24.3 Å². The Bertz CT molecular complexity index is 771. The van der Waals surface area contributed by atoms with Crippen LogP contribution in [0, 0.1) is 5.41 Å². The van der Waals surface area contributed by atoms with Crippen molar-refractivity contribution >= 4 is 28.3 Å². The van der Waals surface area contributed by atoms with E-state index in [1.807, 2.05) is 63.2 Å². The molecule has 1 fully saturated rings. The Hall–Kier alpha value is -2.36. The molecule has 126 valence electrons. The first-order chi connectivity index (χ1) is 11.4. The van der Waals surface area contributed by atoms with Crippen molar-refractivity contribution in [3.63, 3.8) is 0 Å². The van der Waals surface area contributed by atoms with E-state index >= 15 is 0 Å². The second-order valence-electron chi connectivity index (χ2n) is 7.42. The number of nitrogens with one attached hydrogen (secondary N) is 1. The minimum atomic E-state index is -0.470. The summed E-state index contributed by atoms with van der Waals surface area (Å²) in [6, 6.07) is 13.5. The van der Waals surface area contributed by atoms with Crippen LogP contribution < -0.4 is 5.32 Å². The maximum atomic E-state index is 12.8. The van der Waals surface area contributed by atoms with E-state index in [-0.39, 0.29) is 17.9 Å². The smallest absolute Gasteiger partial charge is 0.247 e. The van der Waals surface area contributed by atoms with Crippen molar-refractivity contribution in [2.45, 2.75) is 39.7 Å². The minimum Gasteiger partial charge on any atom is -0.330 e. The number of nitrogens with zero attached hydrogens (tertiary/aromatic N) is 1. The second kappa shape index (κ2) is 6.27. The van der Waals surface area contributed by atoms with E-state index in [1.54, 1.807) is 4.90 Å². The van der Waals surface area contributed by atoms with Crippen LogP contribution in [0.3, 0.4) is 0 Å². The molecule has 1 N–H and O–H groups in total. The van der Waals surface area contributed by atoms with Crippen LogP contribution in [0.15, 0.2) is 42.5 Å². The van der Waals surface area contributed by atoms with E-state index in [4.69, 9.17) is 0 Å². The maximum absolute atomic E-state index is 12.8.